The first-order chi connectivity index (χ1) is 12.6. The first-order valence-electron chi connectivity index (χ1n) is 9.17. The maximum atomic E-state index is 12.1. The lowest BCUT2D eigenvalue weighted by molar-refractivity contribution is -0.124. The Labute approximate surface area is 161 Å². The minimum atomic E-state index is -0.370. The van der Waals surface area contributed by atoms with Crippen LogP contribution in [0.3, 0.4) is 0 Å². The number of rotatable bonds is 9. The molecule has 0 saturated heterocycles. The van der Waals surface area contributed by atoms with Crippen molar-refractivity contribution in [1.82, 2.24) is 10.2 Å². The summed E-state index contributed by atoms with van der Waals surface area (Å²) in [5, 5.41) is 5.60. The summed E-state index contributed by atoms with van der Waals surface area (Å²) in [4.78, 5) is 37.5. The second-order valence-corrected chi connectivity index (χ2v) is 7.59. The molecule has 0 saturated carbocycles. The zero-order valence-corrected chi connectivity index (χ0v) is 16.9. The fraction of sp³-hybridized carbons (Fsp3) is 0.550. The Morgan fingerprint density at radius 2 is 1.63 bits per heavy atom. The predicted octanol–water partition coefficient (Wildman–Crippen LogP) is 2.43. The van der Waals surface area contributed by atoms with Gasteiger partial charge in [0, 0.05) is 11.2 Å². The van der Waals surface area contributed by atoms with Crippen LogP contribution in [0.2, 0.25) is 0 Å². The van der Waals surface area contributed by atoms with Gasteiger partial charge >= 0.3 is 5.97 Å². The predicted molar refractivity (Wildman–Crippen MR) is 106 cm³/mol. The molecule has 0 aliphatic carbocycles. The summed E-state index contributed by atoms with van der Waals surface area (Å²) in [6.45, 7) is 8.36. The van der Waals surface area contributed by atoms with Crippen molar-refractivity contribution in [1.29, 1.82) is 0 Å². The highest BCUT2D eigenvalue weighted by molar-refractivity contribution is 5.94. The average Bonchev–Trinajstić information content (AvgIpc) is 2.53. The number of nitrogens with zero attached hydrogens (tertiary/aromatic N) is 1. The van der Waals surface area contributed by atoms with Crippen molar-refractivity contribution < 1.29 is 19.1 Å². The number of likely N-dealkylation sites (N-methyl/N-ethyl adjacent to an activating group) is 1. The number of carbonyl (C=O) groups is 3. The van der Waals surface area contributed by atoms with Crippen LogP contribution in [0.15, 0.2) is 24.3 Å². The summed E-state index contributed by atoms with van der Waals surface area (Å²) < 4.78 is 5.14. The molecule has 2 amide bonds. The third-order valence-corrected chi connectivity index (χ3v) is 3.48. The summed E-state index contributed by atoms with van der Waals surface area (Å²) >= 11 is 0. The summed E-state index contributed by atoms with van der Waals surface area (Å²) in [6, 6.07) is 6.54. The molecule has 7 nitrogen and oxygen atoms in total. The van der Waals surface area contributed by atoms with Gasteiger partial charge in [0.2, 0.25) is 11.8 Å². The van der Waals surface area contributed by atoms with Crippen LogP contribution in [0.25, 0.3) is 0 Å². The molecule has 0 bridgehead atoms. The van der Waals surface area contributed by atoms with Crippen molar-refractivity contribution in [2.24, 2.45) is 0 Å². The number of hydrogen-bond acceptors (Lipinski definition) is 5. The van der Waals surface area contributed by atoms with E-state index in [1.54, 1.807) is 36.2 Å². The molecule has 0 unspecified atom stereocenters. The summed E-state index contributed by atoms with van der Waals surface area (Å²) in [7, 11) is 1.71. The maximum absolute atomic E-state index is 12.1. The third kappa shape index (κ3) is 9.75. The number of anilines is 1. The first kappa shape index (κ1) is 22.6. The minimum absolute atomic E-state index is 0.0817. The molecule has 0 aliphatic rings. The normalized spacial score (nSPS) is 11.2. The van der Waals surface area contributed by atoms with E-state index in [-0.39, 0.29) is 36.4 Å². The van der Waals surface area contributed by atoms with Crippen molar-refractivity contribution in [3.8, 4) is 0 Å². The quantitative estimate of drug-likeness (QED) is 0.510. The first-order valence-corrected chi connectivity index (χ1v) is 9.17. The zero-order valence-electron chi connectivity index (χ0n) is 16.9. The lowest BCUT2D eigenvalue weighted by Gasteiger charge is -2.23. The van der Waals surface area contributed by atoms with Crippen LogP contribution in [0.5, 0.6) is 0 Å². The summed E-state index contributed by atoms with van der Waals surface area (Å²) in [6.07, 6.45) is 1.80. The molecule has 0 aliphatic heterocycles. The van der Waals surface area contributed by atoms with Crippen LogP contribution in [-0.2, 0) is 14.3 Å². The van der Waals surface area contributed by atoms with Crippen LogP contribution in [0.4, 0.5) is 5.69 Å². The fourth-order valence-electron chi connectivity index (χ4n) is 2.29. The van der Waals surface area contributed by atoms with Crippen LogP contribution in [0.1, 0.15) is 50.9 Å². The SMILES string of the molecule is CCCCOC(=O)c1ccc(NC(=O)CN(C)CC(=O)NC(C)(C)C)cc1. The van der Waals surface area contributed by atoms with E-state index < -0.39 is 0 Å². The van der Waals surface area contributed by atoms with E-state index in [9.17, 15) is 14.4 Å². The highest BCUT2D eigenvalue weighted by Gasteiger charge is 2.16. The Kier molecular flexibility index (Phi) is 8.94. The summed E-state index contributed by atoms with van der Waals surface area (Å²) in [5.41, 5.74) is 0.720. The second kappa shape index (κ2) is 10.7. The van der Waals surface area contributed by atoms with E-state index in [2.05, 4.69) is 10.6 Å². The number of unbranched alkanes of at least 4 members (excludes halogenated alkanes) is 1. The van der Waals surface area contributed by atoms with Gasteiger partial charge in [-0.2, -0.15) is 0 Å². The Morgan fingerprint density at radius 1 is 1.04 bits per heavy atom. The van der Waals surface area contributed by atoms with E-state index in [1.807, 2.05) is 27.7 Å². The molecule has 150 valence electrons. The van der Waals surface area contributed by atoms with E-state index in [1.165, 1.54) is 0 Å². The lowest BCUT2D eigenvalue weighted by atomic mass is 10.1. The largest absolute Gasteiger partial charge is 0.462 e. The highest BCUT2D eigenvalue weighted by atomic mass is 16.5. The molecule has 0 aromatic heterocycles. The Bertz CT molecular complexity index is 636. The Hall–Kier alpha value is -2.41. The van der Waals surface area contributed by atoms with Gasteiger partial charge in [0.05, 0.1) is 25.3 Å². The third-order valence-electron chi connectivity index (χ3n) is 3.48. The molecule has 27 heavy (non-hydrogen) atoms. The number of nitrogens with one attached hydrogen (secondary N) is 2. The van der Waals surface area contributed by atoms with Crippen molar-refractivity contribution in [2.75, 3.05) is 32.1 Å². The van der Waals surface area contributed by atoms with Gasteiger partial charge < -0.3 is 15.4 Å². The topological polar surface area (TPSA) is 87.7 Å². The van der Waals surface area contributed by atoms with Crippen molar-refractivity contribution in [3.05, 3.63) is 29.8 Å². The molecule has 0 fully saturated rings. The Morgan fingerprint density at radius 3 is 2.19 bits per heavy atom. The van der Waals surface area contributed by atoms with Crippen molar-refractivity contribution in [2.45, 2.75) is 46.1 Å². The van der Waals surface area contributed by atoms with Crippen LogP contribution < -0.4 is 10.6 Å². The molecular formula is C20H31N3O4. The number of ether oxygens (including phenoxy) is 1. The van der Waals surface area contributed by atoms with Gasteiger partial charge in [-0.05, 0) is 58.5 Å². The molecule has 1 rings (SSSR count). The zero-order chi connectivity index (χ0) is 20.4. The molecular weight excluding hydrogens is 346 g/mol. The van der Waals surface area contributed by atoms with Gasteiger partial charge in [-0.3, -0.25) is 14.5 Å². The number of carbonyl (C=O) groups excluding carboxylic acids is 3. The van der Waals surface area contributed by atoms with Crippen LogP contribution in [-0.4, -0.2) is 55.0 Å². The van der Waals surface area contributed by atoms with Gasteiger partial charge in [-0.25, -0.2) is 4.79 Å². The van der Waals surface area contributed by atoms with E-state index in [4.69, 9.17) is 4.74 Å². The van der Waals surface area contributed by atoms with Gasteiger partial charge in [0.1, 0.15) is 0 Å². The molecule has 0 radical (unpaired) electrons. The maximum Gasteiger partial charge on any atom is 0.338 e. The number of benzene rings is 1. The molecule has 1 aromatic rings. The van der Waals surface area contributed by atoms with Gasteiger partial charge in [-0.1, -0.05) is 13.3 Å². The van der Waals surface area contributed by atoms with E-state index in [0.717, 1.165) is 12.8 Å². The monoisotopic (exact) mass is 377 g/mol. The lowest BCUT2D eigenvalue weighted by Crippen LogP contribution is -2.46. The smallest absolute Gasteiger partial charge is 0.338 e. The summed E-state index contributed by atoms with van der Waals surface area (Å²) in [5.74, 6) is -0.742. The van der Waals surface area contributed by atoms with Gasteiger partial charge in [0.25, 0.3) is 0 Å². The standard InChI is InChI=1S/C20H31N3O4/c1-6-7-12-27-19(26)15-8-10-16(11-9-15)21-17(24)13-23(5)14-18(25)22-20(2,3)4/h8-11H,6-7,12-14H2,1-5H3,(H,21,24)(H,22,25). The van der Waals surface area contributed by atoms with Crippen molar-refractivity contribution in [3.63, 3.8) is 0 Å². The average molecular weight is 377 g/mol. The highest BCUT2D eigenvalue weighted by Crippen LogP contribution is 2.11. The number of esters is 1. The molecule has 1 aromatic carbocycles. The van der Waals surface area contributed by atoms with Crippen molar-refractivity contribution >= 4 is 23.5 Å². The molecule has 0 atom stereocenters. The second-order valence-electron chi connectivity index (χ2n) is 7.59. The molecule has 0 heterocycles. The van der Waals surface area contributed by atoms with E-state index in [0.29, 0.717) is 17.9 Å². The van der Waals surface area contributed by atoms with Gasteiger partial charge in [0.15, 0.2) is 0 Å². The van der Waals surface area contributed by atoms with E-state index >= 15 is 0 Å². The van der Waals surface area contributed by atoms with Crippen LogP contribution >= 0.6 is 0 Å². The van der Waals surface area contributed by atoms with Gasteiger partial charge in [-0.15, -0.1) is 0 Å². The molecule has 7 heteroatoms. The van der Waals surface area contributed by atoms with Crippen LogP contribution in [0, 0.1) is 0 Å². The minimum Gasteiger partial charge on any atom is -0.462 e. The number of hydrogen-bond donors (Lipinski definition) is 2. The molecule has 2 N–H and O–H groups in total. The molecule has 0 spiro atoms. The Balaban J connectivity index is 2.45. The number of amides is 2. The fourth-order valence-corrected chi connectivity index (χ4v) is 2.29.